The Morgan fingerprint density at radius 1 is 1.37 bits per heavy atom. The van der Waals surface area contributed by atoms with Crippen LogP contribution in [0.25, 0.3) is 11.3 Å². The fourth-order valence-corrected chi connectivity index (χ4v) is 3.52. The number of ether oxygens (including phenoxy) is 2. The summed E-state index contributed by atoms with van der Waals surface area (Å²) in [6.07, 6.45) is 2.99. The zero-order chi connectivity index (χ0) is 19.7. The van der Waals surface area contributed by atoms with Gasteiger partial charge in [-0.2, -0.15) is 0 Å². The van der Waals surface area contributed by atoms with E-state index in [1.54, 1.807) is 0 Å². The first-order valence-corrected chi connectivity index (χ1v) is 9.19. The number of carboxylic acid groups (broad SMARTS) is 1. The zero-order valence-electron chi connectivity index (χ0n) is 16.1. The van der Waals surface area contributed by atoms with E-state index in [2.05, 4.69) is 13.8 Å². The van der Waals surface area contributed by atoms with E-state index < -0.39 is 11.4 Å². The molecule has 6 heteroatoms. The number of methoxy groups -OCH3 is 1. The minimum atomic E-state index is -1.24. The van der Waals surface area contributed by atoms with Gasteiger partial charge in [-0.15, -0.1) is 0 Å². The van der Waals surface area contributed by atoms with Crippen molar-refractivity contribution in [2.75, 3.05) is 13.7 Å². The first kappa shape index (κ1) is 19.0. The number of benzene rings is 1. The number of aromatic carboxylic acids is 1. The summed E-state index contributed by atoms with van der Waals surface area (Å²) in [6.45, 7) is 6.87. The van der Waals surface area contributed by atoms with Crippen LogP contribution in [0.3, 0.4) is 0 Å². The maximum absolute atomic E-state index is 12.6. The van der Waals surface area contributed by atoms with Crippen LogP contribution in [-0.4, -0.2) is 29.4 Å². The molecule has 0 bridgehead atoms. The molecular formula is C21H25NO5. The Kier molecular flexibility index (Phi) is 5.26. The van der Waals surface area contributed by atoms with Crippen molar-refractivity contribution in [3.8, 4) is 22.8 Å². The van der Waals surface area contributed by atoms with Crippen molar-refractivity contribution in [1.29, 1.82) is 0 Å². The molecule has 144 valence electrons. The van der Waals surface area contributed by atoms with Gasteiger partial charge < -0.3 is 19.1 Å². The van der Waals surface area contributed by atoms with Crippen LogP contribution in [0.2, 0.25) is 0 Å². The van der Waals surface area contributed by atoms with Gasteiger partial charge in [0.1, 0.15) is 11.3 Å². The molecule has 2 aromatic rings. The molecular weight excluding hydrogens is 346 g/mol. The van der Waals surface area contributed by atoms with E-state index >= 15 is 0 Å². The van der Waals surface area contributed by atoms with Gasteiger partial charge in [0, 0.05) is 17.8 Å². The molecule has 1 unspecified atom stereocenters. The molecule has 0 radical (unpaired) electrons. The van der Waals surface area contributed by atoms with Gasteiger partial charge in [0.15, 0.2) is 5.75 Å². The van der Waals surface area contributed by atoms with E-state index in [4.69, 9.17) is 9.47 Å². The second kappa shape index (κ2) is 7.47. The number of pyridine rings is 1. The number of carbonyl (C=O) groups is 1. The SMILES string of the molecule is CCC1Cc2cc(OCC(C)C)ccc2-c2c(OC)c(=O)c(C(=O)O)cn21. The zero-order valence-corrected chi connectivity index (χ0v) is 16.1. The third-order valence-corrected chi connectivity index (χ3v) is 4.86. The predicted octanol–water partition coefficient (Wildman–Crippen LogP) is 3.76. The monoisotopic (exact) mass is 371 g/mol. The van der Waals surface area contributed by atoms with Gasteiger partial charge >= 0.3 is 5.97 Å². The summed E-state index contributed by atoms with van der Waals surface area (Å²) in [5, 5.41) is 9.40. The molecule has 0 spiro atoms. The lowest BCUT2D eigenvalue weighted by atomic mass is 9.90. The van der Waals surface area contributed by atoms with Crippen molar-refractivity contribution in [3.05, 3.63) is 45.7 Å². The minimum Gasteiger partial charge on any atom is -0.493 e. The Labute approximate surface area is 158 Å². The van der Waals surface area contributed by atoms with Crippen LogP contribution < -0.4 is 14.9 Å². The average Bonchev–Trinajstić information content (AvgIpc) is 2.64. The maximum atomic E-state index is 12.6. The number of carboxylic acids is 1. The summed E-state index contributed by atoms with van der Waals surface area (Å²) in [6, 6.07) is 5.86. The molecule has 1 aromatic heterocycles. The highest BCUT2D eigenvalue weighted by Crippen LogP contribution is 2.41. The molecule has 3 rings (SSSR count). The highest BCUT2D eigenvalue weighted by Gasteiger charge is 2.30. The van der Waals surface area contributed by atoms with E-state index in [0.29, 0.717) is 18.2 Å². The van der Waals surface area contributed by atoms with Crippen LogP contribution in [-0.2, 0) is 6.42 Å². The van der Waals surface area contributed by atoms with Crippen molar-refractivity contribution in [2.45, 2.75) is 39.7 Å². The van der Waals surface area contributed by atoms with E-state index in [0.717, 1.165) is 29.7 Å². The van der Waals surface area contributed by atoms with Gasteiger partial charge in [0.25, 0.3) is 0 Å². The van der Waals surface area contributed by atoms with Crippen molar-refractivity contribution < 1.29 is 19.4 Å². The van der Waals surface area contributed by atoms with Crippen molar-refractivity contribution in [3.63, 3.8) is 0 Å². The lowest BCUT2D eigenvalue weighted by Crippen LogP contribution is -2.27. The lowest BCUT2D eigenvalue weighted by molar-refractivity contribution is 0.0693. The molecule has 27 heavy (non-hydrogen) atoms. The van der Waals surface area contributed by atoms with Gasteiger partial charge in [0.2, 0.25) is 5.43 Å². The number of hydrogen-bond donors (Lipinski definition) is 1. The molecule has 0 saturated heterocycles. The van der Waals surface area contributed by atoms with Crippen LogP contribution in [0.4, 0.5) is 0 Å². The first-order chi connectivity index (χ1) is 12.9. The van der Waals surface area contributed by atoms with E-state index in [1.807, 2.05) is 29.7 Å². The average molecular weight is 371 g/mol. The molecule has 0 aliphatic carbocycles. The molecule has 0 amide bonds. The predicted molar refractivity (Wildman–Crippen MR) is 103 cm³/mol. The molecule has 1 aliphatic heterocycles. The second-order valence-electron chi connectivity index (χ2n) is 7.26. The Bertz CT molecular complexity index is 929. The molecule has 2 heterocycles. The largest absolute Gasteiger partial charge is 0.493 e. The maximum Gasteiger partial charge on any atom is 0.341 e. The van der Waals surface area contributed by atoms with Crippen LogP contribution in [0.15, 0.2) is 29.2 Å². The normalized spacial score (nSPS) is 15.2. The molecule has 0 saturated carbocycles. The smallest absolute Gasteiger partial charge is 0.341 e. The topological polar surface area (TPSA) is 77.8 Å². The number of aromatic nitrogens is 1. The summed E-state index contributed by atoms with van der Waals surface area (Å²) >= 11 is 0. The van der Waals surface area contributed by atoms with Crippen LogP contribution in [0.1, 0.15) is 49.2 Å². The van der Waals surface area contributed by atoms with Crippen LogP contribution in [0.5, 0.6) is 11.5 Å². The second-order valence-corrected chi connectivity index (χ2v) is 7.26. The van der Waals surface area contributed by atoms with Crippen molar-refractivity contribution in [1.82, 2.24) is 4.57 Å². The van der Waals surface area contributed by atoms with Crippen LogP contribution in [0, 0.1) is 5.92 Å². The lowest BCUT2D eigenvalue weighted by Gasteiger charge is -2.31. The molecule has 1 atom stereocenters. The summed E-state index contributed by atoms with van der Waals surface area (Å²) < 4.78 is 13.1. The fourth-order valence-electron chi connectivity index (χ4n) is 3.52. The molecule has 0 fully saturated rings. The van der Waals surface area contributed by atoms with E-state index in [9.17, 15) is 14.7 Å². The standard InChI is InChI=1S/C21H25NO5/c1-5-14-8-13-9-15(27-11-12(2)3)6-7-16(13)18-20(26-4)19(23)17(21(24)25)10-22(14)18/h6-7,9-10,12,14H,5,8,11H2,1-4H3,(H,24,25). The van der Waals surface area contributed by atoms with Gasteiger partial charge in [-0.25, -0.2) is 4.79 Å². The number of rotatable bonds is 6. The van der Waals surface area contributed by atoms with Gasteiger partial charge in [-0.3, -0.25) is 4.79 Å². The Morgan fingerprint density at radius 3 is 2.70 bits per heavy atom. The number of hydrogen-bond acceptors (Lipinski definition) is 4. The van der Waals surface area contributed by atoms with Crippen LogP contribution >= 0.6 is 0 Å². The van der Waals surface area contributed by atoms with Gasteiger partial charge in [-0.05, 0) is 42.5 Å². The number of nitrogens with zero attached hydrogens (tertiary/aromatic N) is 1. The van der Waals surface area contributed by atoms with E-state index in [1.165, 1.54) is 13.3 Å². The number of fused-ring (bicyclic) bond motifs is 3. The van der Waals surface area contributed by atoms with Crippen molar-refractivity contribution >= 4 is 5.97 Å². The summed E-state index contributed by atoms with van der Waals surface area (Å²) in [4.78, 5) is 24.1. The molecule has 1 aromatic carbocycles. The highest BCUT2D eigenvalue weighted by molar-refractivity contribution is 5.89. The Hall–Kier alpha value is -2.76. The molecule has 1 aliphatic rings. The first-order valence-electron chi connectivity index (χ1n) is 9.19. The summed E-state index contributed by atoms with van der Waals surface area (Å²) in [5.74, 6) is 0.0596. The molecule has 1 N–H and O–H groups in total. The Morgan fingerprint density at radius 2 is 2.11 bits per heavy atom. The summed E-state index contributed by atoms with van der Waals surface area (Å²) in [5.41, 5.74) is 1.72. The quantitative estimate of drug-likeness (QED) is 0.836. The van der Waals surface area contributed by atoms with Crippen molar-refractivity contribution in [2.24, 2.45) is 5.92 Å². The molecule has 6 nitrogen and oxygen atoms in total. The van der Waals surface area contributed by atoms with Gasteiger partial charge in [0.05, 0.1) is 19.4 Å². The third-order valence-electron chi connectivity index (χ3n) is 4.86. The van der Waals surface area contributed by atoms with Gasteiger partial charge in [-0.1, -0.05) is 20.8 Å². The third kappa shape index (κ3) is 3.44. The highest BCUT2D eigenvalue weighted by atomic mass is 16.5. The Balaban J connectivity index is 2.19. The van der Waals surface area contributed by atoms with E-state index in [-0.39, 0.29) is 17.4 Å². The fraction of sp³-hybridized carbons (Fsp3) is 0.429. The summed E-state index contributed by atoms with van der Waals surface area (Å²) in [7, 11) is 1.40. The minimum absolute atomic E-state index is 0.0421.